The number of nitrogens with one attached hydrogen (secondary N) is 1. The topological polar surface area (TPSA) is 96.8 Å². The average molecular weight is 433 g/mol. The van der Waals surface area contributed by atoms with Gasteiger partial charge in [-0.1, -0.05) is 18.2 Å². The maximum atomic E-state index is 12.7. The van der Waals surface area contributed by atoms with Crippen molar-refractivity contribution < 1.29 is 4.79 Å². The number of aromatic amines is 1. The van der Waals surface area contributed by atoms with E-state index in [0.29, 0.717) is 24.0 Å². The van der Waals surface area contributed by atoms with Gasteiger partial charge in [0.05, 0.1) is 17.9 Å². The molecule has 1 aliphatic carbocycles. The van der Waals surface area contributed by atoms with Crippen molar-refractivity contribution in [1.82, 2.24) is 28.8 Å². The van der Waals surface area contributed by atoms with Gasteiger partial charge in [0.2, 0.25) is 5.91 Å². The minimum absolute atomic E-state index is 0.125. The molecule has 0 unspecified atom stereocenters. The van der Waals surface area contributed by atoms with Gasteiger partial charge in [0.15, 0.2) is 5.82 Å². The number of rotatable bonds is 3. The number of pyridine rings is 1. The maximum absolute atomic E-state index is 12.7. The number of hydrogen-bond donors (Lipinski definition) is 1. The van der Waals surface area contributed by atoms with E-state index in [9.17, 15) is 9.59 Å². The van der Waals surface area contributed by atoms with Crippen LogP contribution in [0.25, 0.3) is 33.5 Å². The molecule has 1 atom stereocenters. The Bertz CT molecular complexity index is 1410. The summed E-state index contributed by atoms with van der Waals surface area (Å²) in [6, 6.07) is 7.79. The second kappa shape index (κ2) is 6.58. The van der Waals surface area contributed by atoms with Crippen LogP contribution in [0, 0.1) is 0 Å². The van der Waals surface area contributed by atoms with Crippen LogP contribution in [0.15, 0.2) is 35.3 Å². The fourth-order valence-corrected chi connectivity index (χ4v) is 4.95. The third-order valence-electron chi connectivity index (χ3n) is 6.19. The molecule has 1 fully saturated rings. The monoisotopic (exact) mass is 432 g/mol. The second-order valence-electron chi connectivity index (χ2n) is 8.32. The van der Waals surface area contributed by atoms with E-state index in [1.807, 2.05) is 38.4 Å². The van der Waals surface area contributed by atoms with Gasteiger partial charge in [-0.15, -0.1) is 0 Å². The Morgan fingerprint density at radius 3 is 2.81 bits per heavy atom. The predicted octanol–water partition coefficient (Wildman–Crippen LogP) is 3.32. The zero-order valence-corrected chi connectivity index (χ0v) is 17.9. The minimum atomic E-state index is -0.244. The van der Waals surface area contributed by atoms with Crippen molar-refractivity contribution in [2.45, 2.75) is 38.3 Å². The number of likely N-dealkylation sites (N-methyl/N-ethyl adjacent to an activating group) is 1. The molecule has 0 spiro atoms. The van der Waals surface area contributed by atoms with Gasteiger partial charge in [-0.2, -0.15) is 4.37 Å². The summed E-state index contributed by atoms with van der Waals surface area (Å²) in [5, 5.41) is 1.98. The summed E-state index contributed by atoms with van der Waals surface area (Å²) in [5.41, 5.74) is 3.65. The Morgan fingerprint density at radius 1 is 1.23 bits per heavy atom. The lowest BCUT2D eigenvalue weighted by Crippen LogP contribution is -2.39. The standard InChI is InChI=1S/C22H20N6O2S/c1-11-21(29)27(2)10-17-18(24-20(28(11)17)12-6-7-12)14-5-3-4-13-8-16(23-9-15(13)14)19-25-22(30)31-26-19/h3-5,8-9,11-12H,6-7,10H2,1-2H3,(H,25,26,30)/t11-/m0/s1. The van der Waals surface area contributed by atoms with E-state index in [-0.39, 0.29) is 16.8 Å². The Hall–Kier alpha value is -3.33. The number of nitrogens with zero attached hydrogens (tertiary/aromatic N) is 5. The lowest BCUT2D eigenvalue weighted by molar-refractivity contribution is -0.135. The summed E-state index contributed by atoms with van der Waals surface area (Å²) in [4.78, 5) is 38.1. The highest BCUT2D eigenvalue weighted by molar-refractivity contribution is 7.03. The Kier molecular flexibility index (Phi) is 3.92. The lowest BCUT2D eigenvalue weighted by Gasteiger charge is -2.31. The Morgan fingerprint density at radius 2 is 2.06 bits per heavy atom. The molecule has 8 nitrogen and oxygen atoms in total. The smallest absolute Gasteiger partial charge is 0.323 e. The Balaban J connectivity index is 1.54. The molecule has 156 valence electrons. The van der Waals surface area contributed by atoms with Crippen LogP contribution in [0.4, 0.5) is 0 Å². The van der Waals surface area contributed by atoms with E-state index < -0.39 is 0 Å². The molecule has 0 saturated heterocycles. The first-order valence-corrected chi connectivity index (χ1v) is 11.1. The van der Waals surface area contributed by atoms with Crippen LogP contribution < -0.4 is 4.87 Å². The molecule has 9 heteroatoms. The van der Waals surface area contributed by atoms with Crippen molar-refractivity contribution in [1.29, 1.82) is 0 Å². The molecule has 1 aliphatic heterocycles. The van der Waals surface area contributed by atoms with E-state index in [1.165, 1.54) is 0 Å². The fraction of sp³-hybridized carbons (Fsp3) is 0.318. The molecule has 4 aromatic rings. The molecular weight excluding hydrogens is 412 g/mol. The number of hydrogen-bond acceptors (Lipinski definition) is 6. The zero-order valence-electron chi connectivity index (χ0n) is 17.1. The van der Waals surface area contributed by atoms with Gasteiger partial charge in [0, 0.05) is 41.6 Å². The third kappa shape index (κ3) is 2.83. The highest BCUT2D eigenvalue weighted by Crippen LogP contribution is 2.45. The number of benzene rings is 1. The summed E-state index contributed by atoms with van der Waals surface area (Å²) >= 11 is 0.886. The van der Waals surface area contributed by atoms with Crippen LogP contribution in [0.3, 0.4) is 0 Å². The number of carbonyl (C=O) groups is 1. The van der Waals surface area contributed by atoms with Gasteiger partial charge in [0.25, 0.3) is 0 Å². The summed E-state index contributed by atoms with van der Waals surface area (Å²) in [5.74, 6) is 2.07. The van der Waals surface area contributed by atoms with Gasteiger partial charge >= 0.3 is 4.87 Å². The fourth-order valence-electron chi connectivity index (χ4n) is 4.49. The minimum Gasteiger partial charge on any atom is -0.338 e. The first-order valence-electron chi connectivity index (χ1n) is 10.3. The molecule has 2 aliphatic rings. The number of carbonyl (C=O) groups excluding carboxylic acids is 1. The summed E-state index contributed by atoms with van der Waals surface area (Å²) in [6.45, 7) is 2.50. The van der Waals surface area contributed by atoms with E-state index in [4.69, 9.17) is 4.98 Å². The van der Waals surface area contributed by atoms with Crippen LogP contribution >= 0.6 is 11.5 Å². The van der Waals surface area contributed by atoms with E-state index in [1.54, 1.807) is 4.90 Å². The molecule has 31 heavy (non-hydrogen) atoms. The zero-order chi connectivity index (χ0) is 21.3. The molecule has 6 rings (SSSR count). The highest BCUT2D eigenvalue weighted by atomic mass is 32.1. The molecule has 4 heterocycles. The van der Waals surface area contributed by atoms with Gasteiger partial charge in [0.1, 0.15) is 17.6 Å². The molecule has 1 aromatic carbocycles. The lowest BCUT2D eigenvalue weighted by atomic mass is 10.0. The molecule has 1 saturated carbocycles. The Labute approximate surface area is 181 Å². The highest BCUT2D eigenvalue weighted by Gasteiger charge is 2.38. The van der Waals surface area contributed by atoms with E-state index in [0.717, 1.165) is 57.9 Å². The summed E-state index contributed by atoms with van der Waals surface area (Å²) < 4.78 is 6.31. The number of amides is 1. The third-order valence-corrected chi connectivity index (χ3v) is 6.73. The first kappa shape index (κ1) is 18.4. The summed E-state index contributed by atoms with van der Waals surface area (Å²) in [7, 11) is 1.85. The molecular formula is C22H20N6O2S. The van der Waals surface area contributed by atoms with Crippen molar-refractivity contribution in [3.05, 3.63) is 51.6 Å². The van der Waals surface area contributed by atoms with Gasteiger partial charge in [-0.25, -0.2) is 4.98 Å². The summed E-state index contributed by atoms with van der Waals surface area (Å²) in [6.07, 6.45) is 4.07. The molecule has 0 bridgehead atoms. The first-order chi connectivity index (χ1) is 15.0. The molecule has 3 aromatic heterocycles. The number of imidazole rings is 1. The second-order valence-corrected chi connectivity index (χ2v) is 9.06. The van der Waals surface area contributed by atoms with Gasteiger partial charge < -0.3 is 9.47 Å². The molecule has 0 radical (unpaired) electrons. The van der Waals surface area contributed by atoms with Crippen molar-refractivity contribution in [3.63, 3.8) is 0 Å². The van der Waals surface area contributed by atoms with E-state index >= 15 is 0 Å². The normalized spacial score (nSPS) is 18.6. The van der Waals surface area contributed by atoms with Gasteiger partial charge in [-0.05, 0) is 31.2 Å². The van der Waals surface area contributed by atoms with Gasteiger partial charge in [-0.3, -0.25) is 19.6 Å². The SMILES string of the molecule is C[C@H]1C(=O)N(C)Cc2c(-c3cccc4cc(-c5nsc(=O)[nH]5)ncc34)nc(C3CC3)n21. The maximum Gasteiger partial charge on any atom is 0.323 e. The van der Waals surface area contributed by atoms with Crippen LogP contribution in [0.1, 0.15) is 43.2 Å². The van der Waals surface area contributed by atoms with Crippen molar-refractivity contribution in [2.75, 3.05) is 7.05 Å². The largest absolute Gasteiger partial charge is 0.338 e. The molecule has 1 N–H and O–H groups in total. The quantitative estimate of drug-likeness (QED) is 0.536. The predicted molar refractivity (Wildman–Crippen MR) is 118 cm³/mol. The van der Waals surface area contributed by atoms with Crippen molar-refractivity contribution in [2.24, 2.45) is 0 Å². The van der Waals surface area contributed by atoms with Crippen LogP contribution in [0.2, 0.25) is 0 Å². The van der Waals surface area contributed by atoms with Crippen LogP contribution in [-0.2, 0) is 11.3 Å². The van der Waals surface area contributed by atoms with Crippen molar-refractivity contribution in [3.8, 4) is 22.8 Å². The van der Waals surface area contributed by atoms with Crippen molar-refractivity contribution >= 4 is 28.2 Å². The number of aromatic nitrogens is 5. The average Bonchev–Trinajstić information content (AvgIpc) is 3.42. The number of fused-ring (bicyclic) bond motifs is 2. The van der Waals surface area contributed by atoms with E-state index in [2.05, 4.69) is 25.0 Å². The number of H-pyrrole nitrogens is 1. The van der Waals surface area contributed by atoms with Crippen LogP contribution in [0.5, 0.6) is 0 Å². The molecule has 1 amide bonds. The van der Waals surface area contributed by atoms with Crippen LogP contribution in [-0.4, -0.2) is 41.7 Å².